The van der Waals surface area contributed by atoms with Crippen LogP contribution in [0.4, 0.5) is 0 Å². The number of hydrogen-bond acceptors (Lipinski definition) is 1. The summed E-state index contributed by atoms with van der Waals surface area (Å²) in [6, 6.07) is 0. The van der Waals surface area contributed by atoms with Gasteiger partial charge in [-0.3, -0.25) is 4.99 Å². The predicted molar refractivity (Wildman–Crippen MR) is 47.7 cm³/mol. The number of aliphatic imine (C=N–C) groups is 1. The van der Waals surface area contributed by atoms with Crippen LogP contribution in [-0.4, -0.2) is 12.3 Å². The molecule has 0 radical (unpaired) electrons. The van der Waals surface area contributed by atoms with Gasteiger partial charge in [0, 0.05) is 5.71 Å². The van der Waals surface area contributed by atoms with Crippen molar-refractivity contribution < 1.29 is 0 Å². The number of rotatable bonds is 3. The van der Waals surface area contributed by atoms with E-state index in [1.54, 1.807) is 0 Å². The van der Waals surface area contributed by atoms with Crippen molar-refractivity contribution in [3.8, 4) is 0 Å². The van der Waals surface area contributed by atoms with Gasteiger partial charge < -0.3 is 0 Å². The van der Waals surface area contributed by atoms with Crippen LogP contribution in [0.3, 0.4) is 0 Å². The van der Waals surface area contributed by atoms with Gasteiger partial charge in [-0.15, -0.1) is 0 Å². The Bertz CT molecular complexity index is 139. The third-order valence-electron chi connectivity index (χ3n) is 1.37. The SMILES string of the molecule is CCC(C)=NCC=C(C)C. The molecule has 0 bridgehead atoms. The molecule has 0 aliphatic rings. The van der Waals surface area contributed by atoms with Gasteiger partial charge in [0.25, 0.3) is 0 Å². The van der Waals surface area contributed by atoms with Crippen LogP contribution in [0.5, 0.6) is 0 Å². The summed E-state index contributed by atoms with van der Waals surface area (Å²) in [6.07, 6.45) is 3.20. The summed E-state index contributed by atoms with van der Waals surface area (Å²) in [6.45, 7) is 9.23. The Morgan fingerprint density at radius 2 is 1.90 bits per heavy atom. The Kier molecular flexibility index (Phi) is 4.91. The summed E-state index contributed by atoms with van der Waals surface area (Å²) in [5.74, 6) is 0. The molecule has 0 saturated carbocycles. The van der Waals surface area contributed by atoms with E-state index < -0.39 is 0 Å². The van der Waals surface area contributed by atoms with E-state index in [9.17, 15) is 0 Å². The van der Waals surface area contributed by atoms with Crippen LogP contribution in [0.2, 0.25) is 0 Å². The lowest BCUT2D eigenvalue weighted by Crippen LogP contribution is -1.88. The van der Waals surface area contributed by atoms with Gasteiger partial charge in [0.2, 0.25) is 0 Å². The van der Waals surface area contributed by atoms with Crippen molar-refractivity contribution in [1.82, 2.24) is 0 Å². The number of nitrogens with zero attached hydrogens (tertiary/aromatic N) is 1. The minimum atomic E-state index is 0.849. The highest BCUT2D eigenvalue weighted by atomic mass is 14.7. The fraction of sp³-hybridized carbons (Fsp3) is 0.667. The first kappa shape index (κ1) is 9.41. The summed E-state index contributed by atoms with van der Waals surface area (Å²) in [7, 11) is 0. The average molecular weight is 139 g/mol. The molecule has 1 nitrogen and oxygen atoms in total. The van der Waals surface area contributed by atoms with E-state index in [0.29, 0.717) is 0 Å². The molecule has 0 aromatic heterocycles. The summed E-state index contributed by atoms with van der Waals surface area (Å²) in [5, 5.41) is 0. The fourth-order valence-corrected chi connectivity index (χ4v) is 0.496. The summed E-state index contributed by atoms with van der Waals surface area (Å²) in [5.41, 5.74) is 2.57. The monoisotopic (exact) mass is 139 g/mol. The van der Waals surface area contributed by atoms with Crippen molar-refractivity contribution in [3.05, 3.63) is 11.6 Å². The zero-order valence-corrected chi connectivity index (χ0v) is 7.44. The molecule has 1 heteroatoms. The molecule has 0 fully saturated rings. The molecule has 0 heterocycles. The van der Waals surface area contributed by atoms with Crippen molar-refractivity contribution >= 4 is 5.71 Å². The van der Waals surface area contributed by atoms with Crippen LogP contribution in [-0.2, 0) is 0 Å². The minimum absolute atomic E-state index is 0.849. The van der Waals surface area contributed by atoms with E-state index in [-0.39, 0.29) is 0 Å². The molecule has 0 atom stereocenters. The summed E-state index contributed by atoms with van der Waals surface area (Å²) in [4.78, 5) is 4.32. The molecule has 0 aromatic carbocycles. The lowest BCUT2D eigenvalue weighted by Gasteiger charge is -1.92. The maximum Gasteiger partial charge on any atom is 0.0571 e. The van der Waals surface area contributed by atoms with E-state index in [1.807, 2.05) is 0 Å². The molecular weight excluding hydrogens is 122 g/mol. The van der Waals surface area contributed by atoms with Gasteiger partial charge in [0.05, 0.1) is 6.54 Å². The molecule has 0 aromatic rings. The van der Waals surface area contributed by atoms with E-state index in [2.05, 4.69) is 38.8 Å². The standard InChI is InChI=1S/C9H17N/c1-5-9(4)10-7-6-8(2)3/h6H,5,7H2,1-4H3. The molecule has 0 aliphatic heterocycles. The average Bonchev–Trinajstić information content (AvgIpc) is 1.87. The third-order valence-corrected chi connectivity index (χ3v) is 1.37. The van der Waals surface area contributed by atoms with E-state index >= 15 is 0 Å². The molecule has 0 amide bonds. The van der Waals surface area contributed by atoms with Gasteiger partial charge in [0.15, 0.2) is 0 Å². The fourth-order valence-electron chi connectivity index (χ4n) is 0.496. The van der Waals surface area contributed by atoms with Gasteiger partial charge in [-0.25, -0.2) is 0 Å². The summed E-state index contributed by atoms with van der Waals surface area (Å²) < 4.78 is 0. The lowest BCUT2D eigenvalue weighted by atomic mass is 10.3. The maximum absolute atomic E-state index is 4.32. The predicted octanol–water partition coefficient (Wildman–Crippen LogP) is 2.82. The van der Waals surface area contributed by atoms with Crippen LogP contribution in [0.15, 0.2) is 16.6 Å². The Labute approximate surface area is 63.9 Å². The molecular formula is C9H17N. The first-order chi connectivity index (χ1) is 4.66. The molecule has 58 valence electrons. The zero-order chi connectivity index (χ0) is 7.98. The highest BCUT2D eigenvalue weighted by molar-refractivity contribution is 5.81. The normalized spacial score (nSPS) is 11.4. The molecule has 0 saturated heterocycles. The minimum Gasteiger partial charge on any atom is -0.290 e. The van der Waals surface area contributed by atoms with Gasteiger partial charge in [-0.1, -0.05) is 18.6 Å². The Morgan fingerprint density at radius 3 is 2.30 bits per heavy atom. The highest BCUT2D eigenvalue weighted by Gasteiger charge is 1.81. The second-order valence-corrected chi connectivity index (χ2v) is 2.71. The van der Waals surface area contributed by atoms with Crippen molar-refractivity contribution in [2.24, 2.45) is 4.99 Å². The Balaban J connectivity index is 3.63. The lowest BCUT2D eigenvalue weighted by molar-refractivity contribution is 1.15. The van der Waals surface area contributed by atoms with Crippen molar-refractivity contribution in [2.45, 2.75) is 34.1 Å². The van der Waals surface area contributed by atoms with Crippen molar-refractivity contribution in [3.63, 3.8) is 0 Å². The van der Waals surface area contributed by atoms with Crippen LogP contribution in [0.25, 0.3) is 0 Å². The van der Waals surface area contributed by atoms with E-state index in [1.165, 1.54) is 11.3 Å². The van der Waals surface area contributed by atoms with Gasteiger partial charge in [-0.2, -0.15) is 0 Å². The smallest absolute Gasteiger partial charge is 0.0571 e. The topological polar surface area (TPSA) is 12.4 Å². The Morgan fingerprint density at radius 1 is 1.30 bits per heavy atom. The Hall–Kier alpha value is -0.590. The quantitative estimate of drug-likeness (QED) is 0.421. The first-order valence-corrected chi connectivity index (χ1v) is 3.80. The van der Waals surface area contributed by atoms with E-state index in [0.717, 1.165) is 13.0 Å². The maximum atomic E-state index is 4.32. The van der Waals surface area contributed by atoms with Crippen molar-refractivity contribution in [1.29, 1.82) is 0 Å². The van der Waals surface area contributed by atoms with Gasteiger partial charge in [-0.05, 0) is 27.2 Å². The summed E-state index contributed by atoms with van der Waals surface area (Å²) >= 11 is 0. The number of hydrogen-bond donors (Lipinski definition) is 0. The van der Waals surface area contributed by atoms with Crippen LogP contribution < -0.4 is 0 Å². The molecule has 0 N–H and O–H groups in total. The van der Waals surface area contributed by atoms with Crippen LogP contribution in [0, 0.1) is 0 Å². The van der Waals surface area contributed by atoms with Crippen LogP contribution in [0.1, 0.15) is 34.1 Å². The van der Waals surface area contributed by atoms with Crippen LogP contribution >= 0.6 is 0 Å². The number of allylic oxidation sites excluding steroid dienone is 1. The largest absolute Gasteiger partial charge is 0.290 e. The van der Waals surface area contributed by atoms with Gasteiger partial charge in [0.1, 0.15) is 0 Å². The highest BCUT2D eigenvalue weighted by Crippen LogP contribution is 1.90. The molecule has 0 rings (SSSR count). The zero-order valence-electron chi connectivity index (χ0n) is 7.44. The first-order valence-electron chi connectivity index (χ1n) is 3.80. The molecule has 0 unspecified atom stereocenters. The molecule has 0 spiro atoms. The van der Waals surface area contributed by atoms with Crippen molar-refractivity contribution in [2.75, 3.05) is 6.54 Å². The second kappa shape index (κ2) is 5.21. The van der Waals surface area contributed by atoms with Gasteiger partial charge >= 0.3 is 0 Å². The molecule has 0 aliphatic carbocycles. The third kappa shape index (κ3) is 5.54. The molecule has 10 heavy (non-hydrogen) atoms. The van der Waals surface area contributed by atoms with E-state index in [4.69, 9.17) is 0 Å². The second-order valence-electron chi connectivity index (χ2n) is 2.71.